The first-order valence-electron chi connectivity index (χ1n) is 9.10. The van der Waals surface area contributed by atoms with Gasteiger partial charge in [0.2, 0.25) is 5.91 Å². The van der Waals surface area contributed by atoms with Crippen molar-refractivity contribution in [3.63, 3.8) is 0 Å². The summed E-state index contributed by atoms with van der Waals surface area (Å²) >= 11 is 0. The minimum Gasteiger partial charge on any atom is -0.396 e. The highest BCUT2D eigenvalue weighted by Gasteiger charge is 2.33. The Morgan fingerprint density at radius 1 is 1.21 bits per heavy atom. The molecular weight excluding hydrogens is 308 g/mol. The van der Waals surface area contributed by atoms with Crippen molar-refractivity contribution in [3.05, 3.63) is 17.5 Å². The third kappa shape index (κ3) is 7.45. The first-order valence-corrected chi connectivity index (χ1v) is 9.10. The van der Waals surface area contributed by atoms with Crippen molar-refractivity contribution in [1.82, 2.24) is 10.5 Å². The van der Waals surface area contributed by atoms with E-state index in [0.717, 1.165) is 19.3 Å². The molecule has 0 fully saturated rings. The van der Waals surface area contributed by atoms with Crippen molar-refractivity contribution >= 4 is 5.91 Å². The fourth-order valence-electron chi connectivity index (χ4n) is 2.77. The zero-order chi connectivity index (χ0) is 17.8. The number of rotatable bonds is 13. The van der Waals surface area contributed by atoms with Gasteiger partial charge in [-0.25, -0.2) is 0 Å². The second-order valence-corrected chi connectivity index (χ2v) is 6.42. The molecule has 6 heteroatoms. The minimum absolute atomic E-state index is 0.0314. The van der Waals surface area contributed by atoms with Crippen LogP contribution in [-0.2, 0) is 16.9 Å². The molecule has 3 N–H and O–H groups in total. The molecule has 0 spiro atoms. The predicted molar refractivity (Wildman–Crippen MR) is 92.2 cm³/mol. The van der Waals surface area contributed by atoms with Crippen molar-refractivity contribution in [3.8, 4) is 0 Å². The molecule has 138 valence electrons. The summed E-state index contributed by atoms with van der Waals surface area (Å²) in [5, 5.41) is 25.8. The molecule has 0 aromatic carbocycles. The molecule has 0 saturated heterocycles. The van der Waals surface area contributed by atoms with Crippen molar-refractivity contribution in [2.75, 3.05) is 6.61 Å². The van der Waals surface area contributed by atoms with E-state index < -0.39 is 11.6 Å². The molecule has 6 nitrogen and oxygen atoms in total. The van der Waals surface area contributed by atoms with Crippen molar-refractivity contribution in [2.45, 2.75) is 83.8 Å². The molecule has 0 aliphatic heterocycles. The van der Waals surface area contributed by atoms with Crippen LogP contribution in [0.25, 0.3) is 0 Å². The van der Waals surface area contributed by atoms with Gasteiger partial charge in [-0.3, -0.25) is 4.79 Å². The third-order valence-corrected chi connectivity index (χ3v) is 4.12. The average Bonchev–Trinajstić information content (AvgIpc) is 2.99. The number of aromatic nitrogens is 1. The number of aryl methyl sites for hydroxylation is 1. The van der Waals surface area contributed by atoms with Crippen LogP contribution in [0.4, 0.5) is 0 Å². The molecule has 1 aromatic rings. The van der Waals surface area contributed by atoms with Crippen LogP contribution >= 0.6 is 0 Å². The van der Waals surface area contributed by atoms with Gasteiger partial charge in [-0.2, -0.15) is 0 Å². The summed E-state index contributed by atoms with van der Waals surface area (Å²) in [4.78, 5) is 11.2. The van der Waals surface area contributed by atoms with Crippen LogP contribution in [0, 0.1) is 0 Å². The number of hydrogen-bond donors (Lipinski definition) is 3. The number of hydrogen-bond acceptors (Lipinski definition) is 5. The zero-order valence-electron chi connectivity index (χ0n) is 15.0. The molecule has 0 bridgehead atoms. The van der Waals surface area contributed by atoms with E-state index in [4.69, 9.17) is 9.63 Å². The molecule has 1 amide bonds. The lowest BCUT2D eigenvalue weighted by atomic mass is 10.0. The first kappa shape index (κ1) is 20.6. The van der Waals surface area contributed by atoms with Gasteiger partial charge in [0.05, 0.1) is 0 Å². The maximum atomic E-state index is 11.2. The summed E-state index contributed by atoms with van der Waals surface area (Å²) in [5.74, 6) is 0.302. The van der Waals surface area contributed by atoms with Crippen LogP contribution in [0.5, 0.6) is 0 Å². The smallest absolute Gasteiger partial charge is 0.219 e. The largest absolute Gasteiger partial charge is 0.396 e. The van der Waals surface area contributed by atoms with Crippen LogP contribution in [0.2, 0.25) is 0 Å². The lowest BCUT2D eigenvalue weighted by Crippen LogP contribution is -2.45. The van der Waals surface area contributed by atoms with E-state index in [2.05, 4.69) is 17.4 Å². The van der Waals surface area contributed by atoms with E-state index in [1.54, 1.807) is 6.07 Å². The van der Waals surface area contributed by atoms with Crippen LogP contribution < -0.4 is 5.32 Å². The van der Waals surface area contributed by atoms with Crippen LogP contribution in [0.15, 0.2) is 10.6 Å². The number of unbranched alkanes of at least 4 members (excludes halogenated alkanes) is 7. The fourth-order valence-corrected chi connectivity index (χ4v) is 2.77. The number of carbonyl (C=O) groups excluding carboxylic acids is 1. The lowest BCUT2D eigenvalue weighted by molar-refractivity contribution is -0.128. The van der Waals surface area contributed by atoms with Gasteiger partial charge in [0.25, 0.3) is 0 Å². The third-order valence-electron chi connectivity index (χ3n) is 4.12. The number of nitrogens with zero attached hydrogens (tertiary/aromatic N) is 1. The van der Waals surface area contributed by atoms with Crippen molar-refractivity contribution in [2.24, 2.45) is 0 Å². The number of carbonyl (C=O) groups is 1. The summed E-state index contributed by atoms with van der Waals surface area (Å²) in [6, 6.07) is 1.66. The maximum Gasteiger partial charge on any atom is 0.219 e. The zero-order valence-corrected chi connectivity index (χ0v) is 15.0. The Morgan fingerprint density at radius 3 is 2.42 bits per heavy atom. The molecule has 24 heavy (non-hydrogen) atoms. The number of nitrogens with one attached hydrogen (secondary N) is 1. The van der Waals surface area contributed by atoms with Gasteiger partial charge in [0, 0.05) is 32.4 Å². The summed E-state index contributed by atoms with van der Waals surface area (Å²) in [6.45, 7) is 3.26. The van der Waals surface area contributed by atoms with Gasteiger partial charge >= 0.3 is 0 Å². The molecule has 1 heterocycles. The SMILES string of the molecule is CCCCCCCCCCc1cc(C(O)(CCO)NC(C)=O)no1. The second kappa shape index (κ2) is 11.2. The Morgan fingerprint density at radius 2 is 1.83 bits per heavy atom. The van der Waals surface area contributed by atoms with Gasteiger partial charge in [-0.05, 0) is 6.42 Å². The van der Waals surface area contributed by atoms with Gasteiger partial charge in [0.1, 0.15) is 11.5 Å². The van der Waals surface area contributed by atoms with Crippen LogP contribution in [0.3, 0.4) is 0 Å². The Labute approximate surface area is 144 Å². The quantitative estimate of drug-likeness (QED) is 0.379. The highest BCUT2D eigenvalue weighted by molar-refractivity contribution is 5.73. The van der Waals surface area contributed by atoms with Gasteiger partial charge < -0.3 is 20.1 Å². The van der Waals surface area contributed by atoms with Gasteiger partial charge in [0.15, 0.2) is 5.72 Å². The summed E-state index contributed by atoms with van der Waals surface area (Å²) in [6.07, 6.45) is 10.6. The van der Waals surface area contributed by atoms with Gasteiger partial charge in [-0.1, -0.05) is 57.0 Å². The molecule has 0 aliphatic carbocycles. The van der Waals surface area contributed by atoms with E-state index in [1.165, 1.54) is 45.4 Å². The summed E-state index contributed by atoms with van der Waals surface area (Å²) < 4.78 is 5.26. The number of amides is 1. The summed E-state index contributed by atoms with van der Waals surface area (Å²) in [7, 11) is 0. The Kier molecular flexibility index (Phi) is 9.64. The second-order valence-electron chi connectivity index (χ2n) is 6.42. The van der Waals surface area contributed by atoms with Crippen LogP contribution in [-0.4, -0.2) is 27.9 Å². The Hall–Kier alpha value is -1.40. The molecule has 1 unspecified atom stereocenters. The molecule has 1 aromatic heterocycles. The van der Waals surface area contributed by atoms with Crippen LogP contribution in [0.1, 0.15) is 83.1 Å². The minimum atomic E-state index is -1.68. The molecule has 0 aliphatic rings. The Balaban J connectivity index is 2.37. The Bertz CT molecular complexity index is 475. The fraction of sp³-hybridized carbons (Fsp3) is 0.778. The first-order chi connectivity index (χ1) is 11.5. The normalized spacial score (nSPS) is 13.7. The molecular formula is C18H32N2O4. The lowest BCUT2D eigenvalue weighted by Gasteiger charge is -2.25. The van der Waals surface area contributed by atoms with Gasteiger partial charge in [-0.15, -0.1) is 0 Å². The standard InChI is InChI=1S/C18H32N2O4/c1-3-4-5-6-7-8-9-10-11-16-14-17(20-24-16)18(23,12-13-21)19-15(2)22/h14,21,23H,3-13H2,1-2H3,(H,19,22). The molecule has 1 atom stereocenters. The van der Waals surface area contributed by atoms with E-state index in [9.17, 15) is 9.90 Å². The monoisotopic (exact) mass is 340 g/mol. The predicted octanol–water partition coefficient (Wildman–Crippen LogP) is 3.02. The average molecular weight is 340 g/mol. The maximum absolute atomic E-state index is 11.2. The summed E-state index contributed by atoms with van der Waals surface area (Å²) in [5.41, 5.74) is -1.44. The number of aliphatic hydroxyl groups excluding tert-OH is 1. The topological polar surface area (TPSA) is 95.6 Å². The van der Waals surface area contributed by atoms with Crippen molar-refractivity contribution < 1.29 is 19.5 Å². The molecule has 1 rings (SSSR count). The molecule has 0 radical (unpaired) electrons. The molecule has 0 saturated carbocycles. The number of aliphatic hydroxyl groups is 2. The van der Waals surface area contributed by atoms with E-state index in [0.29, 0.717) is 5.76 Å². The van der Waals surface area contributed by atoms with E-state index in [1.807, 2.05) is 0 Å². The van der Waals surface area contributed by atoms with E-state index in [-0.39, 0.29) is 18.7 Å². The highest BCUT2D eigenvalue weighted by atomic mass is 16.5. The van der Waals surface area contributed by atoms with E-state index >= 15 is 0 Å². The highest BCUT2D eigenvalue weighted by Crippen LogP contribution is 2.22. The van der Waals surface area contributed by atoms with Crippen molar-refractivity contribution in [1.29, 1.82) is 0 Å².